The standard InChI is InChI=1S/C16H13Cl3N4/c17-10-3-4-12-13(5-7-21-14(12)8-10)20-6-1-2-11-9-15(18)23-16(19)22-11/h3-5,7-9H,1-2,6H2,(H,20,21). The van der Waals surface area contributed by atoms with Crippen LogP contribution in [-0.2, 0) is 6.42 Å². The van der Waals surface area contributed by atoms with Crippen LogP contribution >= 0.6 is 34.8 Å². The van der Waals surface area contributed by atoms with Crippen LogP contribution in [-0.4, -0.2) is 21.5 Å². The molecule has 2 heterocycles. The van der Waals surface area contributed by atoms with Crippen LogP contribution in [0.15, 0.2) is 36.5 Å². The largest absolute Gasteiger partial charge is 0.384 e. The van der Waals surface area contributed by atoms with Crippen LogP contribution in [0.2, 0.25) is 15.5 Å². The molecule has 0 radical (unpaired) electrons. The summed E-state index contributed by atoms with van der Waals surface area (Å²) in [6.07, 6.45) is 3.43. The number of hydrogen-bond acceptors (Lipinski definition) is 4. The van der Waals surface area contributed by atoms with Gasteiger partial charge in [-0.3, -0.25) is 4.98 Å². The fraction of sp³-hybridized carbons (Fsp3) is 0.188. The number of pyridine rings is 1. The van der Waals surface area contributed by atoms with Gasteiger partial charge in [0.25, 0.3) is 0 Å². The number of aromatic nitrogens is 3. The molecule has 0 aliphatic rings. The van der Waals surface area contributed by atoms with Crippen LogP contribution < -0.4 is 5.32 Å². The lowest BCUT2D eigenvalue weighted by molar-refractivity contribution is 0.830. The number of aryl methyl sites for hydroxylation is 1. The van der Waals surface area contributed by atoms with Gasteiger partial charge in [-0.05, 0) is 54.8 Å². The van der Waals surface area contributed by atoms with Crippen molar-refractivity contribution in [2.75, 3.05) is 11.9 Å². The Hall–Kier alpha value is -1.62. The maximum atomic E-state index is 6.00. The highest BCUT2D eigenvalue weighted by Crippen LogP contribution is 2.24. The zero-order valence-electron chi connectivity index (χ0n) is 12.1. The average molecular weight is 368 g/mol. The lowest BCUT2D eigenvalue weighted by Crippen LogP contribution is -2.04. The molecule has 1 N–H and O–H groups in total. The molecular formula is C16H13Cl3N4. The van der Waals surface area contributed by atoms with Crippen molar-refractivity contribution in [2.45, 2.75) is 12.8 Å². The molecule has 2 aromatic heterocycles. The van der Waals surface area contributed by atoms with Crippen LogP contribution in [0, 0.1) is 0 Å². The van der Waals surface area contributed by atoms with Crippen LogP contribution in [0.5, 0.6) is 0 Å². The third kappa shape index (κ3) is 4.22. The topological polar surface area (TPSA) is 50.7 Å². The van der Waals surface area contributed by atoms with E-state index in [0.717, 1.165) is 41.7 Å². The van der Waals surface area contributed by atoms with E-state index in [1.807, 2.05) is 24.3 Å². The van der Waals surface area contributed by atoms with E-state index < -0.39 is 0 Å². The monoisotopic (exact) mass is 366 g/mol. The fourth-order valence-electron chi connectivity index (χ4n) is 2.33. The van der Waals surface area contributed by atoms with Gasteiger partial charge < -0.3 is 5.32 Å². The van der Waals surface area contributed by atoms with Crippen LogP contribution in [0.1, 0.15) is 12.1 Å². The van der Waals surface area contributed by atoms with E-state index in [1.54, 1.807) is 12.3 Å². The highest BCUT2D eigenvalue weighted by atomic mass is 35.5. The van der Waals surface area contributed by atoms with Gasteiger partial charge in [-0.25, -0.2) is 9.97 Å². The van der Waals surface area contributed by atoms with Crippen molar-refractivity contribution >= 4 is 51.4 Å². The number of halogens is 3. The summed E-state index contributed by atoms with van der Waals surface area (Å²) in [5, 5.41) is 5.68. The first-order valence-electron chi connectivity index (χ1n) is 7.09. The molecule has 0 atom stereocenters. The highest BCUT2D eigenvalue weighted by Gasteiger charge is 2.04. The molecule has 0 fully saturated rings. The smallest absolute Gasteiger partial charge is 0.224 e. The van der Waals surface area contributed by atoms with Gasteiger partial charge in [0.2, 0.25) is 5.28 Å². The highest BCUT2D eigenvalue weighted by molar-refractivity contribution is 6.32. The average Bonchev–Trinajstić information content (AvgIpc) is 2.50. The fourth-order valence-corrected chi connectivity index (χ4v) is 2.94. The predicted molar refractivity (Wildman–Crippen MR) is 95.6 cm³/mol. The summed E-state index contributed by atoms with van der Waals surface area (Å²) in [6, 6.07) is 9.37. The molecule has 118 valence electrons. The minimum absolute atomic E-state index is 0.178. The van der Waals surface area contributed by atoms with Gasteiger partial charge in [0, 0.05) is 34.5 Å². The molecular weight excluding hydrogens is 355 g/mol. The van der Waals surface area contributed by atoms with Gasteiger partial charge in [-0.1, -0.05) is 23.2 Å². The molecule has 3 rings (SSSR count). The number of hydrogen-bond donors (Lipinski definition) is 1. The van der Waals surface area contributed by atoms with E-state index in [0.29, 0.717) is 10.2 Å². The molecule has 0 saturated carbocycles. The van der Waals surface area contributed by atoms with Gasteiger partial charge in [0.1, 0.15) is 5.15 Å². The van der Waals surface area contributed by atoms with Gasteiger partial charge in [-0.2, -0.15) is 0 Å². The maximum Gasteiger partial charge on any atom is 0.224 e. The number of anilines is 1. The van der Waals surface area contributed by atoms with Gasteiger partial charge >= 0.3 is 0 Å². The Balaban J connectivity index is 1.63. The summed E-state index contributed by atoms with van der Waals surface area (Å²) >= 11 is 17.7. The zero-order valence-corrected chi connectivity index (χ0v) is 14.3. The molecule has 0 spiro atoms. The zero-order chi connectivity index (χ0) is 16.2. The Morgan fingerprint density at radius 2 is 1.87 bits per heavy atom. The SMILES string of the molecule is Clc1ccc2c(NCCCc3cc(Cl)nc(Cl)n3)ccnc2c1. The first-order valence-corrected chi connectivity index (χ1v) is 8.22. The Morgan fingerprint density at radius 1 is 1.00 bits per heavy atom. The first-order chi connectivity index (χ1) is 11.1. The van der Waals surface area contributed by atoms with E-state index in [2.05, 4.69) is 20.3 Å². The lowest BCUT2D eigenvalue weighted by atomic mass is 10.2. The summed E-state index contributed by atoms with van der Waals surface area (Å²) in [6.45, 7) is 0.793. The second-order valence-corrected chi connectivity index (χ2v) is 6.16. The van der Waals surface area contributed by atoms with Crippen molar-refractivity contribution < 1.29 is 0 Å². The third-order valence-corrected chi connectivity index (χ3v) is 3.95. The first kappa shape index (κ1) is 16.2. The van der Waals surface area contributed by atoms with Crippen LogP contribution in [0.25, 0.3) is 10.9 Å². The Bertz CT molecular complexity index is 818. The predicted octanol–water partition coefficient (Wildman–Crippen LogP) is 5.03. The molecule has 1 aromatic carbocycles. The molecule has 0 amide bonds. The van der Waals surface area contributed by atoms with E-state index >= 15 is 0 Å². The lowest BCUT2D eigenvalue weighted by Gasteiger charge is -2.09. The molecule has 0 unspecified atom stereocenters. The molecule has 0 aliphatic heterocycles. The Labute approximate surface area is 148 Å². The molecule has 23 heavy (non-hydrogen) atoms. The summed E-state index contributed by atoms with van der Waals surface area (Å²) in [5.41, 5.74) is 2.74. The number of fused-ring (bicyclic) bond motifs is 1. The maximum absolute atomic E-state index is 6.00. The van der Waals surface area contributed by atoms with Gasteiger partial charge in [0.05, 0.1) is 5.52 Å². The van der Waals surface area contributed by atoms with Crippen LogP contribution in [0.3, 0.4) is 0 Å². The molecule has 4 nitrogen and oxygen atoms in total. The molecule has 3 aromatic rings. The Morgan fingerprint density at radius 3 is 2.70 bits per heavy atom. The Kier molecular flexibility index (Phi) is 5.16. The molecule has 0 saturated heterocycles. The number of nitrogens with zero attached hydrogens (tertiary/aromatic N) is 3. The van der Waals surface area contributed by atoms with Crippen LogP contribution in [0.4, 0.5) is 5.69 Å². The van der Waals surface area contributed by atoms with E-state index in [4.69, 9.17) is 34.8 Å². The second-order valence-electron chi connectivity index (χ2n) is 5.00. The molecule has 7 heteroatoms. The van der Waals surface area contributed by atoms with E-state index in [-0.39, 0.29) is 5.28 Å². The quantitative estimate of drug-likeness (QED) is 0.390. The number of nitrogens with one attached hydrogen (secondary N) is 1. The van der Waals surface area contributed by atoms with Crippen molar-refractivity contribution in [3.05, 3.63) is 57.7 Å². The van der Waals surface area contributed by atoms with Crippen molar-refractivity contribution in [3.63, 3.8) is 0 Å². The van der Waals surface area contributed by atoms with E-state index in [9.17, 15) is 0 Å². The van der Waals surface area contributed by atoms with E-state index in [1.165, 1.54) is 0 Å². The van der Waals surface area contributed by atoms with Gasteiger partial charge in [0.15, 0.2) is 0 Å². The summed E-state index contributed by atoms with van der Waals surface area (Å²) < 4.78 is 0. The number of benzene rings is 1. The summed E-state index contributed by atoms with van der Waals surface area (Å²) in [4.78, 5) is 12.3. The third-order valence-electron chi connectivity index (χ3n) is 3.35. The second kappa shape index (κ2) is 7.30. The molecule has 0 aliphatic carbocycles. The van der Waals surface area contributed by atoms with Crippen molar-refractivity contribution in [1.29, 1.82) is 0 Å². The normalized spacial score (nSPS) is 10.9. The minimum Gasteiger partial charge on any atom is -0.384 e. The van der Waals surface area contributed by atoms with Crippen molar-refractivity contribution in [3.8, 4) is 0 Å². The summed E-state index contributed by atoms with van der Waals surface area (Å²) in [5.74, 6) is 0. The molecule has 0 bridgehead atoms. The van der Waals surface area contributed by atoms with Gasteiger partial charge in [-0.15, -0.1) is 0 Å². The number of rotatable bonds is 5. The van der Waals surface area contributed by atoms with Crippen molar-refractivity contribution in [2.24, 2.45) is 0 Å². The summed E-state index contributed by atoms with van der Waals surface area (Å²) in [7, 11) is 0. The van der Waals surface area contributed by atoms with Crippen molar-refractivity contribution in [1.82, 2.24) is 15.0 Å². The minimum atomic E-state index is 0.178.